The molecule has 2 aliphatic rings. The summed E-state index contributed by atoms with van der Waals surface area (Å²) in [6.45, 7) is 4.21. The van der Waals surface area contributed by atoms with Crippen LogP contribution in [-0.2, 0) is 16.0 Å². The summed E-state index contributed by atoms with van der Waals surface area (Å²) in [5.41, 5.74) is 1.14. The summed E-state index contributed by atoms with van der Waals surface area (Å²) in [5.74, 6) is -0.182. The molecule has 0 unspecified atom stereocenters. The SMILES string of the molecule is CN(C)CCO[C@@H]1CN(Cc2ccc(F)cc2)[C@H]2CCCO[C@@H]12. The number of rotatable bonds is 6. The number of hydrogen-bond donors (Lipinski definition) is 0. The lowest BCUT2D eigenvalue weighted by Gasteiger charge is -2.32. The number of nitrogens with zero attached hydrogens (tertiary/aromatic N) is 2. The van der Waals surface area contributed by atoms with Crippen molar-refractivity contribution in [3.05, 3.63) is 35.6 Å². The van der Waals surface area contributed by atoms with E-state index in [9.17, 15) is 4.39 Å². The number of likely N-dealkylation sites (N-methyl/N-ethyl adjacent to an activating group) is 1. The van der Waals surface area contributed by atoms with Crippen molar-refractivity contribution in [3.63, 3.8) is 0 Å². The normalized spacial score (nSPS) is 28.3. The Morgan fingerprint density at radius 1 is 1.30 bits per heavy atom. The van der Waals surface area contributed by atoms with E-state index in [2.05, 4.69) is 23.9 Å². The van der Waals surface area contributed by atoms with Crippen LogP contribution in [0.3, 0.4) is 0 Å². The molecule has 4 nitrogen and oxygen atoms in total. The van der Waals surface area contributed by atoms with E-state index in [1.165, 1.54) is 12.1 Å². The molecule has 0 N–H and O–H groups in total. The molecule has 0 spiro atoms. The Morgan fingerprint density at radius 2 is 2.09 bits per heavy atom. The van der Waals surface area contributed by atoms with Gasteiger partial charge in [-0.15, -0.1) is 0 Å². The lowest BCUT2D eigenvalue weighted by Crippen LogP contribution is -2.42. The van der Waals surface area contributed by atoms with E-state index in [1.807, 2.05) is 12.1 Å². The average molecular weight is 322 g/mol. The number of hydrogen-bond acceptors (Lipinski definition) is 4. The van der Waals surface area contributed by atoms with Gasteiger partial charge in [-0.05, 0) is 44.6 Å². The van der Waals surface area contributed by atoms with E-state index in [0.29, 0.717) is 6.04 Å². The quantitative estimate of drug-likeness (QED) is 0.801. The topological polar surface area (TPSA) is 24.9 Å². The van der Waals surface area contributed by atoms with Gasteiger partial charge in [0.15, 0.2) is 0 Å². The zero-order valence-corrected chi connectivity index (χ0v) is 14.1. The highest BCUT2D eigenvalue weighted by Crippen LogP contribution is 2.31. The van der Waals surface area contributed by atoms with Crippen LogP contribution >= 0.6 is 0 Å². The Bertz CT molecular complexity index is 494. The van der Waals surface area contributed by atoms with Gasteiger partial charge >= 0.3 is 0 Å². The molecule has 1 aromatic carbocycles. The van der Waals surface area contributed by atoms with Gasteiger partial charge in [0.05, 0.1) is 12.7 Å². The van der Waals surface area contributed by atoms with Crippen LogP contribution in [0.5, 0.6) is 0 Å². The summed E-state index contributed by atoms with van der Waals surface area (Å²) >= 11 is 0. The first-order chi connectivity index (χ1) is 11.1. The standard InChI is InChI=1S/C18H27FN2O2/c1-20(2)9-11-22-17-13-21(16-4-3-10-23-18(16)17)12-14-5-7-15(19)8-6-14/h5-8,16-18H,3-4,9-13H2,1-2H3/t16-,17+,18+/m0/s1. The summed E-state index contributed by atoms with van der Waals surface area (Å²) in [4.78, 5) is 4.57. The van der Waals surface area contributed by atoms with Crippen LogP contribution in [-0.4, -0.2) is 68.4 Å². The molecule has 2 fully saturated rings. The van der Waals surface area contributed by atoms with Gasteiger partial charge in [-0.3, -0.25) is 4.90 Å². The highest BCUT2D eigenvalue weighted by molar-refractivity contribution is 5.16. The molecule has 0 aliphatic carbocycles. The van der Waals surface area contributed by atoms with E-state index in [1.54, 1.807) is 0 Å². The highest BCUT2D eigenvalue weighted by atomic mass is 19.1. The minimum atomic E-state index is -0.182. The van der Waals surface area contributed by atoms with Gasteiger partial charge < -0.3 is 14.4 Å². The summed E-state index contributed by atoms with van der Waals surface area (Å²) < 4.78 is 25.2. The summed E-state index contributed by atoms with van der Waals surface area (Å²) in [6.07, 6.45) is 2.57. The first-order valence-electron chi connectivity index (χ1n) is 8.50. The first kappa shape index (κ1) is 16.8. The molecule has 23 heavy (non-hydrogen) atoms. The Balaban J connectivity index is 1.62. The van der Waals surface area contributed by atoms with E-state index >= 15 is 0 Å². The maximum Gasteiger partial charge on any atom is 0.123 e. The molecule has 0 radical (unpaired) electrons. The second-order valence-electron chi connectivity index (χ2n) is 6.81. The Morgan fingerprint density at radius 3 is 2.83 bits per heavy atom. The van der Waals surface area contributed by atoms with E-state index in [-0.39, 0.29) is 18.0 Å². The molecule has 5 heteroatoms. The van der Waals surface area contributed by atoms with Crippen molar-refractivity contribution in [3.8, 4) is 0 Å². The predicted molar refractivity (Wildman–Crippen MR) is 87.9 cm³/mol. The summed E-state index contributed by atoms with van der Waals surface area (Å²) in [5, 5.41) is 0. The second-order valence-corrected chi connectivity index (χ2v) is 6.81. The lowest BCUT2D eigenvalue weighted by molar-refractivity contribution is -0.0787. The number of benzene rings is 1. The fraction of sp³-hybridized carbons (Fsp3) is 0.667. The molecule has 2 saturated heterocycles. The Kier molecular flexibility index (Phi) is 5.64. The van der Waals surface area contributed by atoms with Crippen molar-refractivity contribution in [1.82, 2.24) is 9.80 Å². The highest BCUT2D eigenvalue weighted by Gasteiger charge is 2.44. The van der Waals surface area contributed by atoms with Crippen molar-refractivity contribution in [2.24, 2.45) is 0 Å². The van der Waals surface area contributed by atoms with Crippen LogP contribution in [0.15, 0.2) is 24.3 Å². The molecule has 2 heterocycles. The number of halogens is 1. The molecule has 0 aromatic heterocycles. The van der Waals surface area contributed by atoms with Gasteiger partial charge in [0.25, 0.3) is 0 Å². The third kappa shape index (κ3) is 4.29. The predicted octanol–water partition coefficient (Wildman–Crippen LogP) is 2.14. The molecule has 3 atom stereocenters. The van der Waals surface area contributed by atoms with Gasteiger partial charge in [0.2, 0.25) is 0 Å². The zero-order valence-electron chi connectivity index (χ0n) is 14.1. The summed E-state index contributed by atoms with van der Waals surface area (Å²) in [7, 11) is 4.11. The van der Waals surface area contributed by atoms with Gasteiger partial charge in [-0.25, -0.2) is 4.39 Å². The van der Waals surface area contributed by atoms with E-state index < -0.39 is 0 Å². The van der Waals surface area contributed by atoms with Crippen LogP contribution in [0.4, 0.5) is 4.39 Å². The maximum atomic E-state index is 13.1. The number of ether oxygens (including phenoxy) is 2. The van der Waals surface area contributed by atoms with Crippen molar-refractivity contribution in [2.75, 3.05) is 40.4 Å². The van der Waals surface area contributed by atoms with E-state index in [0.717, 1.165) is 51.3 Å². The maximum absolute atomic E-state index is 13.1. The van der Waals surface area contributed by atoms with Crippen LogP contribution in [0.25, 0.3) is 0 Å². The zero-order chi connectivity index (χ0) is 16.2. The fourth-order valence-corrected chi connectivity index (χ4v) is 3.54. The second kappa shape index (κ2) is 7.71. The molecule has 3 rings (SSSR count). The first-order valence-corrected chi connectivity index (χ1v) is 8.50. The van der Waals surface area contributed by atoms with Crippen LogP contribution < -0.4 is 0 Å². The molecule has 128 valence electrons. The third-order valence-corrected chi connectivity index (χ3v) is 4.75. The largest absolute Gasteiger partial charge is 0.374 e. The third-order valence-electron chi connectivity index (χ3n) is 4.75. The Hall–Kier alpha value is -1.01. The number of fused-ring (bicyclic) bond motifs is 1. The average Bonchev–Trinajstić information content (AvgIpc) is 2.88. The van der Waals surface area contributed by atoms with Gasteiger partial charge in [0.1, 0.15) is 11.9 Å². The molecular formula is C18H27FN2O2. The molecule has 0 amide bonds. The molecular weight excluding hydrogens is 295 g/mol. The smallest absolute Gasteiger partial charge is 0.123 e. The summed E-state index contributed by atoms with van der Waals surface area (Å²) in [6, 6.07) is 7.22. The van der Waals surface area contributed by atoms with Crippen LogP contribution in [0, 0.1) is 5.82 Å². The molecule has 0 bridgehead atoms. The Labute approximate surface area is 138 Å². The minimum Gasteiger partial charge on any atom is -0.374 e. The molecule has 1 aromatic rings. The molecule has 2 aliphatic heterocycles. The van der Waals surface area contributed by atoms with Crippen molar-refractivity contribution in [2.45, 2.75) is 37.6 Å². The van der Waals surface area contributed by atoms with Gasteiger partial charge in [-0.1, -0.05) is 12.1 Å². The van der Waals surface area contributed by atoms with Gasteiger partial charge in [-0.2, -0.15) is 0 Å². The lowest BCUT2D eigenvalue weighted by atomic mass is 10.0. The van der Waals surface area contributed by atoms with Crippen LogP contribution in [0.1, 0.15) is 18.4 Å². The number of likely N-dealkylation sites (tertiary alicyclic amines) is 1. The van der Waals surface area contributed by atoms with E-state index in [4.69, 9.17) is 9.47 Å². The van der Waals surface area contributed by atoms with Gasteiger partial charge in [0, 0.05) is 32.3 Å². The molecule has 0 saturated carbocycles. The monoisotopic (exact) mass is 322 g/mol. The fourth-order valence-electron chi connectivity index (χ4n) is 3.54. The van der Waals surface area contributed by atoms with Crippen LogP contribution in [0.2, 0.25) is 0 Å². The minimum absolute atomic E-state index is 0.140. The van der Waals surface area contributed by atoms with Crippen molar-refractivity contribution in [1.29, 1.82) is 0 Å². The van der Waals surface area contributed by atoms with Crippen molar-refractivity contribution >= 4 is 0 Å². The van der Waals surface area contributed by atoms with Crippen molar-refractivity contribution < 1.29 is 13.9 Å².